The zero-order valence-corrected chi connectivity index (χ0v) is 6.38. The van der Waals surface area contributed by atoms with Crippen molar-refractivity contribution in [3.63, 3.8) is 0 Å². The quantitative estimate of drug-likeness (QED) is 0.623. The summed E-state index contributed by atoms with van der Waals surface area (Å²) in [6.45, 7) is 0. The predicted octanol–water partition coefficient (Wildman–Crippen LogP) is 0.659. The van der Waals surface area contributed by atoms with Crippen LogP contribution in [0.1, 0.15) is 0 Å². The molecule has 0 unspecified atom stereocenters. The molecule has 2 aromatic rings. The fourth-order valence-corrected chi connectivity index (χ4v) is 1.01. The van der Waals surface area contributed by atoms with Gasteiger partial charge in [0.2, 0.25) is 0 Å². The lowest BCUT2D eigenvalue weighted by Crippen LogP contribution is -2.07. The van der Waals surface area contributed by atoms with E-state index in [0.717, 1.165) is 11.3 Å². The summed E-state index contributed by atoms with van der Waals surface area (Å²) in [6, 6.07) is 5.65. The standard InChI is InChI=1S/C8H8N4/c9-12-5-3-8(11-12)7-2-1-4-10-6-7/h1-6H,9H2. The van der Waals surface area contributed by atoms with Crippen molar-refractivity contribution in [2.75, 3.05) is 5.84 Å². The second kappa shape index (κ2) is 2.65. The van der Waals surface area contributed by atoms with Crippen molar-refractivity contribution in [2.45, 2.75) is 0 Å². The molecule has 0 saturated carbocycles. The van der Waals surface area contributed by atoms with E-state index in [4.69, 9.17) is 5.84 Å². The van der Waals surface area contributed by atoms with Gasteiger partial charge in [0.1, 0.15) is 0 Å². The van der Waals surface area contributed by atoms with Crippen molar-refractivity contribution in [1.82, 2.24) is 14.9 Å². The molecular formula is C8H8N4. The maximum atomic E-state index is 5.40. The molecule has 0 aliphatic rings. The molecule has 0 bridgehead atoms. The molecule has 0 fully saturated rings. The molecule has 0 spiro atoms. The first kappa shape index (κ1) is 6.84. The Hall–Kier alpha value is -1.84. The molecule has 0 aromatic carbocycles. The Morgan fingerprint density at radius 1 is 1.33 bits per heavy atom. The summed E-state index contributed by atoms with van der Waals surface area (Å²) in [4.78, 5) is 5.26. The number of nitrogens with two attached hydrogens (primary N) is 1. The molecule has 0 atom stereocenters. The van der Waals surface area contributed by atoms with Crippen LogP contribution in [0.3, 0.4) is 0 Å². The Bertz CT molecular complexity index is 366. The molecule has 4 heteroatoms. The van der Waals surface area contributed by atoms with Crippen LogP contribution in [0.25, 0.3) is 11.3 Å². The summed E-state index contributed by atoms with van der Waals surface area (Å²) in [5.41, 5.74) is 1.81. The maximum absolute atomic E-state index is 5.40. The molecule has 0 radical (unpaired) electrons. The Morgan fingerprint density at radius 3 is 2.83 bits per heavy atom. The lowest BCUT2D eigenvalue weighted by molar-refractivity contribution is 0.835. The van der Waals surface area contributed by atoms with Crippen LogP contribution in [-0.2, 0) is 0 Å². The minimum absolute atomic E-state index is 0.839. The van der Waals surface area contributed by atoms with E-state index < -0.39 is 0 Å². The van der Waals surface area contributed by atoms with Crippen LogP contribution in [0, 0.1) is 0 Å². The molecule has 2 aromatic heterocycles. The number of nitrogen functional groups attached to an aromatic ring is 1. The number of nitrogens with zero attached hydrogens (tertiary/aromatic N) is 3. The van der Waals surface area contributed by atoms with Crippen molar-refractivity contribution >= 4 is 0 Å². The predicted molar refractivity (Wildman–Crippen MR) is 45.6 cm³/mol. The third-order valence-electron chi connectivity index (χ3n) is 1.57. The van der Waals surface area contributed by atoms with Crippen molar-refractivity contribution in [3.05, 3.63) is 36.8 Å². The highest BCUT2D eigenvalue weighted by Gasteiger charge is 1.98. The lowest BCUT2D eigenvalue weighted by atomic mass is 10.2. The fraction of sp³-hybridized carbons (Fsp3) is 0. The van der Waals surface area contributed by atoms with Crippen LogP contribution in [0.5, 0.6) is 0 Å². The number of aromatic nitrogens is 3. The van der Waals surface area contributed by atoms with Crippen LogP contribution in [0.15, 0.2) is 36.8 Å². The second-order valence-corrected chi connectivity index (χ2v) is 2.42. The zero-order valence-electron chi connectivity index (χ0n) is 6.38. The molecule has 0 amide bonds. The molecule has 2 rings (SSSR count). The first-order chi connectivity index (χ1) is 5.86. The van der Waals surface area contributed by atoms with Gasteiger partial charge in [0.15, 0.2) is 0 Å². The minimum Gasteiger partial charge on any atom is -0.323 e. The normalized spacial score (nSPS) is 10.0. The number of rotatable bonds is 1. The molecule has 0 aliphatic heterocycles. The Kier molecular flexibility index (Phi) is 1.51. The Balaban J connectivity index is 2.45. The van der Waals surface area contributed by atoms with E-state index in [0.29, 0.717) is 0 Å². The highest BCUT2D eigenvalue weighted by Crippen LogP contribution is 2.13. The van der Waals surface area contributed by atoms with Crippen LogP contribution in [0.2, 0.25) is 0 Å². The largest absolute Gasteiger partial charge is 0.323 e. The molecule has 0 aliphatic carbocycles. The van der Waals surface area contributed by atoms with Gasteiger partial charge in [0.05, 0.1) is 5.69 Å². The van der Waals surface area contributed by atoms with Gasteiger partial charge in [-0.25, -0.2) is 0 Å². The lowest BCUT2D eigenvalue weighted by Gasteiger charge is -1.92. The van der Waals surface area contributed by atoms with Crippen LogP contribution in [-0.4, -0.2) is 14.9 Å². The van der Waals surface area contributed by atoms with Crippen molar-refractivity contribution < 1.29 is 0 Å². The Labute approximate surface area is 69.6 Å². The van der Waals surface area contributed by atoms with E-state index in [1.165, 1.54) is 4.79 Å². The summed E-state index contributed by atoms with van der Waals surface area (Å²) < 4.78 is 0. The van der Waals surface area contributed by atoms with Crippen molar-refractivity contribution in [3.8, 4) is 11.3 Å². The summed E-state index contributed by atoms with van der Waals surface area (Å²) in [5, 5.41) is 4.04. The molecule has 2 heterocycles. The molecule has 12 heavy (non-hydrogen) atoms. The van der Waals surface area contributed by atoms with Gasteiger partial charge in [-0.2, -0.15) is 9.89 Å². The third kappa shape index (κ3) is 1.14. The second-order valence-electron chi connectivity index (χ2n) is 2.42. The average Bonchev–Trinajstić information content (AvgIpc) is 2.54. The van der Waals surface area contributed by atoms with Crippen LogP contribution in [0.4, 0.5) is 0 Å². The number of hydrogen-bond acceptors (Lipinski definition) is 3. The molecular weight excluding hydrogens is 152 g/mol. The highest BCUT2D eigenvalue weighted by molar-refractivity contribution is 5.56. The molecule has 0 saturated heterocycles. The van der Waals surface area contributed by atoms with Crippen LogP contribution < -0.4 is 5.84 Å². The smallest absolute Gasteiger partial charge is 0.0959 e. The molecule has 2 N–H and O–H groups in total. The minimum atomic E-state index is 0.839. The topological polar surface area (TPSA) is 56.7 Å². The van der Waals surface area contributed by atoms with E-state index in [1.807, 2.05) is 18.2 Å². The van der Waals surface area contributed by atoms with Gasteiger partial charge >= 0.3 is 0 Å². The first-order valence-electron chi connectivity index (χ1n) is 3.57. The summed E-state index contributed by atoms with van der Waals surface area (Å²) in [7, 11) is 0. The first-order valence-corrected chi connectivity index (χ1v) is 3.57. The SMILES string of the molecule is Nn1ccc(-c2cccnc2)n1. The van der Waals surface area contributed by atoms with Gasteiger partial charge in [-0.3, -0.25) is 4.98 Å². The van der Waals surface area contributed by atoms with Gasteiger partial charge < -0.3 is 5.84 Å². The van der Waals surface area contributed by atoms with E-state index in [2.05, 4.69) is 10.1 Å². The van der Waals surface area contributed by atoms with E-state index in [9.17, 15) is 0 Å². The van der Waals surface area contributed by atoms with Gasteiger partial charge in [-0.1, -0.05) is 0 Å². The summed E-state index contributed by atoms with van der Waals surface area (Å²) in [6.07, 6.45) is 5.17. The summed E-state index contributed by atoms with van der Waals surface area (Å²) >= 11 is 0. The van der Waals surface area contributed by atoms with Crippen LogP contribution >= 0.6 is 0 Å². The third-order valence-corrected chi connectivity index (χ3v) is 1.57. The monoisotopic (exact) mass is 160 g/mol. The van der Waals surface area contributed by atoms with Gasteiger partial charge in [0.25, 0.3) is 0 Å². The van der Waals surface area contributed by atoms with E-state index in [1.54, 1.807) is 18.6 Å². The average molecular weight is 160 g/mol. The number of hydrogen-bond donors (Lipinski definition) is 1. The van der Waals surface area contributed by atoms with Crippen molar-refractivity contribution in [1.29, 1.82) is 0 Å². The van der Waals surface area contributed by atoms with E-state index >= 15 is 0 Å². The van der Waals surface area contributed by atoms with Gasteiger partial charge in [0, 0.05) is 24.2 Å². The van der Waals surface area contributed by atoms with Gasteiger partial charge in [-0.05, 0) is 18.2 Å². The van der Waals surface area contributed by atoms with Gasteiger partial charge in [-0.15, -0.1) is 0 Å². The van der Waals surface area contributed by atoms with Crippen molar-refractivity contribution in [2.24, 2.45) is 0 Å². The maximum Gasteiger partial charge on any atom is 0.0959 e. The Morgan fingerprint density at radius 2 is 2.25 bits per heavy atom. The zero-order chi connectivity index (χ0) is 8.39. The number of pyridine rings is 1. The fourth-order valence-electron chi connectivity index (χ4n) is 1.01. The van der Waals surface area contributed by atoms with E-state index in [-0.39, 0.29) is 0 Å². The summed E-state index contributed by atoms with van der Waals surface area (Å²) in [5.74, 6) is 5.40. The molecule has 4 nitrogen and oxygen atoms in total. The highest BCUT2D eigenvalue weighted by atomic mass is 15.5. The molecule has 60 valence electrons.